The average Bonchev–Trinajstić information content (AvgIpc) is 3.40. The van der Waals surface area contributed by atoms with E-state index in [1.807, 2.05) is 38.3 Å². The maximum Gasteiger partial charge on any atom is 0.481 e. The molecule has 1 aliphatic heterocycles. The number of amides is 1. The Hall–Kier alpha value is -1.42. The molecule has 0 aromatic carbocycles. The molecule has 1 N–H and O–H groups in total. The van der Waals surface area contributed by atoms with Crippen molar-refractivity contribution in [1.82, 2.24) is 5.32 Å². The van der Waals surface area contributed by atoms with Crippen LogP contribution in [0.4, 0.5) is 0 Å². The molecule has 0 radical (unpaired) electrons. The maximum absolute atomic E-state index is 13.0. The van der Waals surface area contributed by atoms with Crippen molar-refractivity contribution >= 4 is 30.3 Å². The standard InChI is InChI=1S/C27H42BNO6S/c1-25(2,3)33-24(31)15-18(32-7)10-11-22(29-23(30)16-19-9-8-12-36-19)28-34-21-14-17-13-20(26(17,4)5)27(21,6)35-28/h8-9,12,17-18,20-22H,10-11,13-16H2,1-7H3,(H,29,30)/t17-,18-,20-,21+,22-,27-/m0/s1. The van der Waals surface area contributed by atoms with Gasteiger partial charge in [-0.25, -0.2) is 0 Å². The molecule has 3 saturated carbocycles. The zero-order valence-corrected chi connectivity index (χ0v) is 23.6. The zero-order chi connectivity index (χ0) is 26.3. The van der Waals surface area contributed by atoms with Crippen molar-refractivity contribution in [2.75, 3.05) is 7.11 Å². The van der Waals surface area contributed by atoms with Crippen LogP contribution in [0.2, 0.25) is 0 Å². The van der Waals surface area contributed by atoms with Crippen LogP contribution in [0, 0.1) is 17.3 Å². The quantitative estimate of drug-likeness (QED) is 0.360. The van der Waals surface area contributed by atoms with E-state index in [9.17, 15) is 9.59 Å². The van der Waals surface area contributed by atoms with E-state index in [2.05, 4.69) is 26.1 Å². The average molecular weight is 520 g/mol. The van der Waals surface area contributed by atoms with Crippen LogP contribution in [-0.2, 0) is 34.8 Å². The fourth-order valence-corrected chi connectivity index (χ4v) is 7.12. The molecule has 2 heterocycles. The van der Waals surface area contributed by atoms with Crippen LogP contribution in [0.3, 0.4) is 0 Å². The molecule has 4 fully saturated rings. The van der Waals surface area contributed by atoms with Gasteiger partial charge in [0.25, 0.3) is 0 Å². The first kappa shape index (κ1) is 27.6. The minimum Gasteiger partial charge on any atom is -0.460 e. The Kier molecular flexibility index (Phi) is 7.97. The van der Waals surface area contributed by atoms with E-state index in [0.717, 1.165) is 11.3 Å². The second-order valence-corrected chi connectivity index (χ2v) is 13.5. The van der Waals surface area contributed by atoms with Crippen molar-refractivity contribution in [2.24, 2.45) is 17.3 Å². The third-order valence-electron chi connectivity index (χ3n) is 8.51. The van der Waals surface area contributed by atoms with Gasteiger partial charge in [-0.1, -0.05) is 19.9 Å². The highest BCUT2D eigenvalue weighted by atomic mass is 32.1. The van der Waals surface area contributed by atoms with Crippen molar-refractivity contribution in [3.8, 4) is 0 Å². The molecule has 6 atom stereocenters. The highest BCUT2D eigenvalue weighted by Crippen LogP contribution is 2.65. The lowest BCUT2D eigenvalue weighted by Crippen LogP contribution is -2.65. The topological polar surface area (TPSA) is 83.1 Å². The number of hydrogen-bond donors (Lipinski definition) is 1. The van der Waals surface area contributed by atoms with Crippen LogP contribution in [0.15, 0.2) is 17.5 Å². The largest absolute Gasteiger partial charge is 0.481 e. The molecule has 3 aliphatic carbocycles. The summed E-state index contributed by atoms with van der Waals surface area (Å²) in [6, 6.07) is 3.92. The number of carbonyl (C=O) groups is 2. The number of thiophene rings is 1. The Morgan fingerprint density at radius 3 is 2.61 bits per heavy atom. The smallest absolute Gasteiger partial charge is 0.460 e. The summed E-state index contributed by atoms with van der Waals surface area (Å²) in [4.78, 5) is 26.4. The molecule has 1 aromatic rings. The lowest BCUT2D eigenvalue weighted by Gasteiger charge is -2.64. The first-order valence-corrected chi connectivity index (χ1v) is 14.1. The van der Waals surface area contributed by atoms with E-state index in [1.165, 1.54) is 6.42 Å². The Morgan fingerprint density at radius 1 is 1.25 bits per heavy atom. The lowest BCUT2D eigenvalue weighted by atomic mass is 9.43. The SMILES string of the molecule is CO[C@@H](CC[C@H](NC(=O)Cc1cccs1)B1O[C@@H]2C[C@@H]3C[C@@H](C3(C)C)[C@]2(C)O1)CC(=O)OC(C)(C)C. The number of rotatable bonds is 10. The summed E-state index contributed by atoms with van der Waals surface area (Å²) in [7, 11) is 1.08. The van der Waals surface area contributed by atoms with E-state index in [4.69, 9.17) is 18.8 Å². The Balaban J connectivity index is 1.43. The first-order chi connectivity index (χ1) is 16.8. The van der Waals surface area contributed by atoms with Crippen LogP contribution in [0.25, 0.3) is 0 Å². The van der Waals surface area contributed by atoms with Crippen LogP contribution in [0.1, 0.15) is 78.5 Å². The number of methoxy groups -OCH3 is 1. The fourth-order valence-electron chi connectivity index (χ4n) is 6.41. The third-order valence-corrected chi connectivity index (χ3v) is 9.38. The Morgan fingerprint density at radius 2 is 2.00 bits per heavy atom. The van der Waals surface area contributed by atoms with Gasteiger partial charge < -0.3 is 24.1 Å². The van der Waals surface area contributed by atoms with E-state index >= 15 is 0 Å². The summed E-state index contributed by atoms with van der Waals surface area (Å²) >= 11 is 1.57. The third kappa shape index (κ3) is 5.84. The molecule has 36 heavy (non-hydrogen) atoms. The monoisotopic (exact) mass is 519 g/mol. The second kappa shape index (κ2) is 10.4. The summed E-state index contributed by atoms with van der Waals surface area (Å²) in [5.74, 6) is 0.417. The molecule has 5 rings (SSSR count). The molecule has 0 spiro atoms. The fraction of sp³-hybridized carbons (Fsp3) is 0.778. The second-order valence-electron chi connectivity index (χ2n) is 12.5. The summed E-state index contributed by atoms with van der Waals surface area (Å²) < 4.78 is 24.3. The number of nitrogens with one attached hydrogen (secondary N) is 1. The highest BCUT2D eigenvalue weighted by molar-refractivity contribution is 7.10. The summed E-state index contributed by atoms with van der Waals surface area (Å²) in [5, 5.41) is 5.17. The van der Waals surface area contributed by atoms with Crippen LogP contribution in [0.5, 0.6) is 0 Å². The maximum atomic E-state index is 13.0. The van der Waals surface area contributed by atoms with Gasteiger partial charge in [0.15, 0.2) is 0 Å². The van der Waals surface area contributed by atoms with Crippen LogP contribution >= 0.6 is 11.3 Å². The Labute approximate surface area is 220 Å². The first-order valence-electron chi connectivity index (χ1n) is 13.2. The minimum atomic E-state index is -0.542. The van der Waals surface area contributed by atoms with Crippen molar-refractivity contribution in [2.45, 2.75) is 109 Å². The van der Waals surface area contributed by atoms with Gasteiger partial charge >= 0.3 is 13.1 Å². The van der Waals surface area contributed by atoms with E-state index in [0.29, 0.717) is 31.1 Å². The zero-order valence-electron chi connectivity index (χ0n) is 22.8. The van der Waals surface area contributed by atoms with E-state index in [1.54, 1.807) is 18.4 Å². The highest BCUT2D eigenvalue weighted by Gasteiger charge is 2.68. The van der Waals surface area contributed by atoms with Gasteiger partial charge in [0.1, 0.15) is 5.60 Å². The molecule has 9 heteroatoms. The normalized spacial score (nSPS) is 30.2. The molecule has 7 nitrogen and oxygen atoms in total. The molecule has 1 aromatic heterocycles. The molecule has 2 bridgehead atoms. The van der Waals surface area contributed by atoms with E-state index < -0.39 is 12.7 Å². The molecular weight excluding hydrogens is 477 g/mol. The van der Waals surface area contributed by atoms with Crippen molar-refractivity contribution in [3.05, 3.63) is 22.4 Å². The summed E-state index contributed by atoms with van der Waals surface area (Å²) in [6.45, 7) is 12.4. The predicted octanol–water partition coefficient (Wildman–Crippen LogP) is 4.57. The van der Waals surface area contributed by atoms with Gasteiger partial charge in [0, 0.05) is 12.0 Å². The van der Waals surface area contributed by atoms with Gasteiger partial charge in [-0.2, -0.15) is 0 Å². The minimum absolute atomic E-state index is 0.0379. The molecule has 4 aliphatic rings. The number of hydrogen-bond acceptors (Lipinski definition) is 7. The number of esters is 1. The van der Waals surface area contributed by atoms with Gasteiger partial charge in [-0.3, -0.25) is 9.59 Å². The van der Waals surface area contributed by atoms with E-state index in [-0.39, 0.29) is 47.5 Å². The van der Waals surface area contributed by atoms with Gasteiger partial charge in [0.05, 0.1) is 36.6 Å². The van der Waals surface area contributed by atoms with Gasteiger partial charge in [0.2, 0.25) is 5.91 Å². The van der Waals surface area contributed by atoms with Gasteiger partial charge in [-0.15, -0.1) is 11.3 Å². The molecule has 0 unspecified atom stereocenters. The molecule has 200 valence electrons. The summed E-state index contributed by atoms with van der Waals surface area (Å²) in [6.07, 6.45) is 3.51. The number of carbonyl (C=O) groups excluding carboxylic acids is 2. The predicted molar refractivity (Wildman–Crippen MR) is 141 cm³/mol. The summed E-state index contributed by atoms with van der Waals surface area (Å²) in [5.41, 5.74) is -0.647. The number of ether oxygens (including phenoxy) is 2. The van der Waals surface area contributed by atoms with Crippen molar-refractivity contribution in [3.63, 3.8) is 0 Å². The molecular formula is C27H42BNO6S. The van der Waals surface area contributed by atoms with Crippen LogP contribution in [-0.4, -0.2) is 55.5 Å². The van der Waals surface area contributed by atoms with Crippen LogP contribution < -0.4 is 5.32 Å². The Bertz CT molecular complexity index is 931. The lowest BCUT2D eigenvalue weighted by molar-refractivity contribution is -0.199. The van der Waals surface area contributed by atoms with Gasteiger partial charge in [-0.05, 0) is 82.1 Å². The molecule has 1 amide bonds. The van der Waals surface area contributed by atoms with Crippen molar-refractivity contribution < 1.29 is 28.4 Å². The molecule has 1 saturated heterocycles. The van der Waals surface area contributed by atoms with Crippen molar-refractivity contribution in [1.29, 1.82) is 0 Å².